The average molecular weight is 288 g/mol. The van der Waals surface area contributed by atoms with E-state index in [1.807, 2.05) is 0 Å². The standard InChI is InChI=1S/C22H24/c1-16-6-8-17(9-7-16)10-11-18-12-13-19-20(14-18)22(4,5)15-21(19,2)3/h6-9,12-14H,15H2,1-5H3. The van der Waals surface area contributed by atoms with Crippen LogP contribution in [0.5, 0.6) is 0 Å². The van der Waals surface area contributed by atoms with E-state index in [9.17, 15) is 0 Å². The first kappa shape index (κ1) is 14.9. The Bertz CT molecular complexity index is 762. The molecule has 0 aromatic heterocycles. The van der Waals surface area contributed by atoms with Gasteiger partial charge < -0.3 is 0 Å². The first-order valence-corrected chi connectivity index (χ1v) is 8.02. The lowest BCUT2D eigenvalue weighted by atomic mass is 9.82. The molecule has 0 N–H and O–H groups in total. The van der Waals surface area contributed by atoms with Gasteiger partial charge in [-0.1, -0.05) is 63.3 Å². The third-order valence-electron chi connectivity index (χ3n) is 4.76. The van der Waals surface area contributed by atoms with E-state index in [0.717, 1.165) is 11.1 Å². The van der Waals surface area contributed by atoms with E-state index >= 15 is 0 Å². The molecule has 0 saturated heterocycles. The molecule has 2 aromatic rings. The van der Waals surface area contributed by atoms with Gasteiger partial charge in [0.2, 0.25) is 0 Å². The predicted molar refractivity (Wildman–Crippen MR) is 94.3 cm³/mol. The average Bonchev–Trinajstić information content (AvgIpc) is 2.63. The highest BCUT2D eigenvalue weighted by Crippen LogP contribution is 2.49. The molecule has 1 aliphatic rings. The van der Waals surface area contributed by atoms with Crippen molar-refractivity contribution in [3.05, 3.63) is 70.3 Å². The molecule has 0 atom stereocenters. The van der Waals surface area contributed by atoms with Gasteiger partial charge in [-0.05, 0) is 59.6 Å². The summed E-state index contributed by atoms with van der Waals surface area (Å²) in [6.07, 6.45) is 1.20. The van der Waals surface area contributed by atoms with Crippen molar-refractivity contribution in [2.75, 3.05) is 0 Å². The Morgan fingerprint density at radius 2 is 1.27 bits per heavy atom. The van der Waals surface area contributed by atoms with Crippen molar-refractivity contribution in [1.29, 1.82) is 0 Å². The maximum atomic E-state index is 3.33. The predicted octanol–water partition coefficient (Wildman–Crippen LogP) is 5.35. The second-order valence-corrected chi connectivity index (χ2v) is 7.82. The van der Waals surface area contributed by atoms with Crippen LogP contribution in [0.15, 0.2) is 42.5 Å². The molecule has 0 spiro atoms. The molecular weight excluding hydrogens is 264 g/mol. The summed E-state index contributed by atoms with van der Waals surface area (Å²) >= 11 is 0. The van der Waals surface area contributed by atoms with E-state index in [-0.39, 0.29) is 10.8 Å². The van der Waals surface area contributed by atoms with Gasteiger partial charge in [0.15, 0.2) is 0 Å². The fourth-order valence-corrected chi connectivity index (χ4v) is 3.85. The summed E-state index contributed by atoms with van der Waals surface area (Å²) in [6.45, 7) is 11.5. The molecule has 112 valence electrons. The van der Waals surface area contributed by atoms with Crippen LogP contribution in [0.3, 0.4) is 0 Å². The Kier molecular flexibility index (Phi) is 3.41. The lowest BCUT2D eigenvalue weighted by Crippen LogP contribution is -2.17. The molecule has 2 aromatic carbocycles. The second-order valence-electron chi connectivity index (χ2n) is 7.82. The third kappa shape index (κ3) is 2.69. The Balaban J connectivity index is 1.97. The number of fused-ring (bicyclic) bond motifs is 1. The molecular formula is C22H24. The van der Waals surface area contributed by atoms with Crippen LogP contribution in [0, 0.1) is 18.8 Å². The van der Waals surface area contributed by atoms with Crippen molar-refractivity contribution >= 4 is 0 Å². The number of hydrogen-bond acceptors (Lipinski definition) is 0. The molecule has 3 rings (SSSR count). The molecule has 1 aliphatic carbocycles. The van der Waals surface area contributed by atoms with Gasteiger partial charge in [-0.3, -0.25) is 0 Å². The van der Waals surface area contributed by atoms with E-state index in [2.05, 4.69) is 88.9 Å². The summed E-state index contributed by atoms with van der Waals surface area (Å²) < 4.78 is 0. The van der Waals surface area contributed by atoms with E-state index in [0.29, 0.717) is 0 Å². The van der Waals surface area contributed by atoms with Gasteiger partial charge in [-0.2, -0.15) is 0 Å². The summed E-state index contributed by atoms with van der Waals surface area (Å²) in [4.78, 5) is 0. The van der Waals surface area contributed by atoms with Gasteiger partial charge in [-0.15, -0.1) is 0 Å². The van der Waals surface area contributed by atoms with Crippen molar-refractivity contribution in [1.82, 2.24) is 0 Å². The summed E-state index contributed by atoms with van der Waals surface area (Å²) in [5.74, 6) is 6.60. The summed E-state index contributed by atoms with van der Waals surface area (Å²) in [5, 5.41) is 0. The molecule has 0 aliphatic heterocycles. The molecule has 0 amide bonds. The van der Waals surface area contributed by atoms with E-state index in [1.54, 1.807) is 0 Å². The van der Waals surface area contributed by atoms with Gasteiger partial charge in [0.05, 0.1) is 0 Å². The van der Waals surface area contributed by atoms with Crippen molar-refractivity contribution in [2.24, 2.45) is 0 Å². The molecule has 0 heterocycles. The van der Waals surface area contributed by atoms with Crippen LogP contribution >= 0.6 is 0 Å². The zero-order chi connectivity index (χ0) is 16.0. The van der Waals surface area contributed by atoms with Gasteiger partial charge in [0.25, 0.3) is 0 Å². The molecule has 0 fully saturated rings. The number of aryl methyl sites for hydroxylation is 1. The van der Waals surface area contributed by atoms with E-state index in [1.165, 1.54) is 23.1 Å². The van der Waals surface area contributed by atoms with Crippen molar-refractivity contribution < 1.29 is 0 Å². The van der Waals surface area contributed by atoms with Crippen LogP contribution in [0.2, 0.25) is 0 Å². The normalized spacial score (nSPS) is 17.5. The fraction of sp³-hybridized carbons (Fsp3) is 0.364. The van der Waals surface area contributed by atoms with Crippen LogP contribution in [0.1, 0.15) is 61.9 Å². The van der Waals surface area contributed by atoms with Crippen molar-refractivity contribution in [2.45, 2.75) is 51.9 Å². The first-order valence-electron chi connectivity index (χ1n) is 8.02. The Labute approximate surface area is 134 Å². The third-order valence-corrected chi connectivity index (χ3v) is 4.76. The SMILES string of the molecule is Cc1ccc(C#Cc2ccc3c(c2)C(C)(C)CC3(C)C)cc1. The Hall–Kier alpha value is -2.00. The first-order chi connectivity index (χ1) is 10.3. The lowest BCUT2D eigenvalue weighted by Gasteiger charge is -2.22. The molecule has 0 unspecified atom stereocenters. The Morgan fingerprint density at radius 1 is 0.727 bits per heavy atom. The molecule has 0 heteroatoms. The van der Waals surface area contributed by atoms with Crippen molar-refractivity contribution in [3.63, 3.8) is 0 Å². The molecule has 0 bridgehead atoms. The van der Waals surface area contributed by atoms with Crippen LogP contribution in [-0.4, -0.2) is 0 Å². The second kappa shape index (κ2) is 5.03. The number of rotatable bonds is 0. The lowest BCUT2D eigenvalue weighted by molar-refractivity contribution is 0.403. The van der Waals surface area contributed by atoms with Crippen LogP contribution in [0.4, 0.5) is 0 Å². The molecule has 0 nitrogen and oxygen atoms in total. The molecule has 0 saturated carbocycles. The maximum absolute atomic E-state index is 3.33. The van der Waals surface area contributed by atoms with Crippen LogP contribution < -0.4 is 0 Å². The minimum absolute atomic E-state index is 0.236. The minimum Gasteiger partial charge on any atom is -0.0617 e. The van der Waals surface area contributed by atoms with Gasteiger partial charge in [0, 0.05) is 11.1 Å². The van der Waals surface area contributed by atoms with Crippen LogP contribution in [-0.2, 0) is 10.8 Å². The van der Waals surface area contributed by atoms with Gasteiger partial charge in [0.1, 0.15) is 0 Å². The maximum Gasteiger partial charge on any atom is 0.0252 e. The molecule has 22 heavy (non-hydrogen) atoms. The minimum atomic E-state index is 0.236. The zero-order valence-electron chi connectivity index (χ0n) is 14.2. The zero-order valence-corrected chi connectivity index (χ0v) is 14.2. The summed E-state index contributed by atoms with van der Waals surface area (Å²) in [5.41, 5.74) is 6.91. The number of benzene rings is 2. The smallest absolute Gasteiger partial charge is 0.0252 e. The number of hydrogen-bond donors (Lipinski definition) is 0. The monoisotopic (exact) mass is 288 g/mol. The highest BCUT2D eigenvalue weighted by molar-refractivity contribution is 5.51. The highest BCUT2D eigenvalue weighted by atomic mass is 14.4. The van der Waals surface area contributed by atoms with Gasteiger partial charge >= 0.3 is 0 Å². The van der Waals surface area contributed by atoms with Gasteiger partial charge in [-0.25, -0.2) is 0 Å². The summed E-state index contributed by atoms with van der Waals surface area (Å²) in [6, 6.07) is 15.1. The Morgan fingerprint density at radius 3 is 1.95 bits per heavy atom. The highest BCUT2D eigenvalue weighted by Gasteiger charge is 2.41. The largest absolute Gasteiger partial charge is 0.0617 e. The molecule has 0 radical (unpaired) electrons. The topological polar surface area (TPSA) is 0 Å². The fourth-order valence-electron chi connectivity index (χ4n) is 3.85. The van der Waals surface area contributed by atoms with Crippen LogP contribution in [0.25, 0.3) is 0 Å². The van der Waals surface area contributed by atoms with E-state index < -0.39 is 0 Å². The quantitative estimate of drug-likeness (QED) is 0.573. The van der Waals surface area contributed by atoms with Crippen molar-refractivity contribution in [3.8, 4) is 11.8 Å². The summed E-state index contributed by atoms with van der Waals surface area (Å²) in [7, 11) is 0. The van der Waals surface area contributed by atoms with E-state index in [4.69, 9.17) is 0 Å².